The number of H-pyrrole nitrogens is 1. The minimum absolute atomic E-state index is 0.0828. The van der Waals surface area contributed by atoms with Crippen molar-refractivity contribution in [3.05, 3.63) is 40.6 Å². The molecule has 1 aliphatic heterocycles. The Labute approximate surface area is 196 Å². The van der Waals surface area contributed by atoms with E-state index in [1.807, 2.05) is 0 Å². The SMILES string of the molecule is COc1c[nH]c2ncc(N3CC[C@H](N(C)C(=O)Nc4cc(C(F)(F)F)cn(C)c4=O)[C@@H](F)C3)nc12. The molecule has 14 heteroatoms. The molecule has 2 N–H and O–H groups in total. The highest BCUT2D eigenvalue weighted by atomic mass is 19.4. The maximum atomic E-state index is 15.1. The summed E-state index contributed by atoms with van der Waals surface area (Å²) in [7, 11) is 3.97. The van der Waals surface area contributed by atoms with Crippen LogP contribution in [0.3, 0.4) is 0 Å². The fourth-order valence-electron chi connectivity index (χ4n) is 4.01. The Bertz CT molecular complexity index is 1310. The van der Waals surface area contributed by atoms with Gasteiger partial charge in [-0.05, 0) is 12.5 Å². The van der Waals surface area contributed by atoms with E-state index in [9.17, 15) is 22.8 Å². The molecular formula is C21H23F4N7O3. The van der Waals surface area contributed by atoms with Gasteiger partial charge in [-0.1, -0.05) is 0 Å². The maximum absolute atomic E-state index is 15.1. The first-order valence-electron chi connectivity index (χ1n) is 10.6. The number of carbonyl (C=O) groups is 1. The second-order valence-corrected chi connectivity index (χ2v) is 8.20. The van der Waals surface area contributed by atoms with Crippen molar-refractivity contribution in [2.75, 3.05) is 37.5 Å². The van der Waals surface area contributed by atoms with Crippen LogP contribution in [0, 0.1) is 0 Å². The van der Waals surface area contributed by atoms with Crippen molar-refractivity contribution in [2.45, 2.75) is 24.8 Å². The number of aromatic amines is 1. The number of hydrogen-bond donors (Lipinski definition) is 2. The molecule has 35 heavy (non-hydrogen) atoms. The summed E-state index contributed by atoms with van der Waals surface area (Å²) in [6.07, 6.45) is -2.22. The first-order chi connectivity index (χ1) is 16.5. The molecule has 3 aromatic rings. The number of methoxy groups -OCH3 is 1. The standard InChI is InChI=1S/C21H23F4N7O3/c1-30-9-11(21(23,24)25)6-13(19(30)33)28-20(34)31(2)14-4-5-32(10-12(14)22)16-8-27-18-17(29-16)15(35-3)7-26-18/h6-9,12,14H,4-5,10H2,1-3H3,(H,26,27)(H,28,34)/t12-,14-/m0/s1. The Morgan fingerprint density at radius 3 is 2.77 bits per heavy atom. The van der Waals surface area contributed by atoms with Crippen LogP contribution in [-0.2, 0) is 13.2 Å². The van der Waals surface area contributed by atoms with Crippen LogP contribution in [-0.4, -0.2) is 69.9 Å². The number of amides is 2. The number of aryl methyl sites for hydroxylation is 1. The molecule has 0 aliphatic carbocycles. The number of carbonyl (C=O) groups excluding carboxylic acids is 1. The molecule has 188 valence electrons. The van der Waals surface area contributed by atoms with Gasteiger partial charge in [0, 0.05) is 33.0 Å². The van der Waals surface area contributed by atoms with E-state index in [-0.39, 0.29) is 13.0 Å². The van der Waals surface area contributed by atoms with Crippen LogP contribution in [0.5, 0.6) is 5.75 Å². The van der Waals surface area contributed by atoms with Gasteiger partial charge in [0.05, 0.1) is 31.5 Å². The lowest BCUT2D eigenvalue weighted by Crippen LogP contribution is -2.54. The fraction of sp³-hybridized carbons (Fsp3) is 0.429. The number of aromatic nitrogens is 4. The average molecular weight is 497 g/mol. The Kier molecular flexibility index (Phi) is 6.30. The number of urea groups is 1. The largest absolute Gasteiger partial charge is 0.493 e. The molecule has 1 fully saturated rings. The monoisotopic (exact) mass is 497 g/mol. The highest BCUT2D eigenvalue weighted by Gasteiger charge is 2.36. The van der Waals surface area contributed by atoms with Gasteiger partial charge in [-0.25, -0.2) is 19.2 Å². The normalized spacial score (nSPS) is 18.5. The average Bonchev–Trinajstić information content (AvgIpc) is 3.23. The molecule has 1 aliphatic rings. The summed E-state index contributed by atoms with van der Waals surface area (Å²) >= 11 is 0. The molecule has 0 unspecified atom stereocenters. The van der Waals surface area contributed by atoms with Crippen molar-refractivity contribution in [1.82, 2.24) is 24.4 Å². The van der Waals surface area contributed by atoms with E-state index < -0.39 is 41.2 Å². The van der Waals surface area contributed by atoms with Crippen LogP contribution in [0.15, 0.2) is 29.5 Å². The van der Waals surface area contributed by atoms with Crippen LogP contribution >= 0.6 is 0 Å². The minimum atomic E-state index is -4.70. The first kappa shape index (κ1) is 24.3. The van der Waals surface area contributed by atoms with E-state index in [0.717, 1.165) is 16.5 Å². The summed E-state index contributed by atoms with van der Waals surface area (Å²) in [4.78, 5) is 39.3. The third-order valence-electron chi connectivity index (χ3n) is 5.95. The Balaban J connectivity index is 1.46. The molecular weight excluding hydrogens is 474 g/mol. The van der Waals surface area contributed by atoms with Crippen molar-refractivity contribution in [1.29, 1.82) is 0 Å². The van der Waals surface area contributed by atoms with E-state index in [0.29, 0.717) is 41.5 Å². The quantitative estimate of drug-likeness (QED) is 0.537. The number of fused-ring (bicyclic) bond motifs is 1. The summed E-state index contributed by atoms with van der Waals surface area (Å²) in [5.41, 5.74) is -1.43. The van der Waals surface area contributed by atoms with Crippen LogP contribution in [0.2, 0.25) is 0 Å². The van der Waals surface area contributed by atoms with Gasteiger partial charge in [0.25, 0.3) is 5.56 Å². The maximum Gasteiger partial charge on any atom is 0.417 e. The highest BCUT2D eigenvalue weighted by Crippen LogP contribution is 2.30. The zero-order valence-corrected chi connectivity index (χ0v) is 19.1. The fourth-order valence-corrected chi connectivity index (χ4v) is 4.01. The number of alkyl halides is 4. The van der Waals surface area contributed by atoms with Crippen LogP contribution in [0.25, 0.3) is 11.2 Å². The number of nitrogens with zero attached hydrogens (tertiary/aromatic N) is 5. The second kappa shape index (κ2) is 9.07. The van der Waals surface area contributed by atoms with Gasteiger partial charge in [-0.3, -0.25) is 4.79 Å². The van der Waals surface area contributed by atoms with Gasteiger partial charge >= 0.3 is 12.2 Å². The minimum Gasteiger partial charge on any atom is -0.493 e. The van der Waals surface area contributed by atoms with E-state index in [1.165, 1.54) is 20.4 Å². The smallest absolute Gasteiger partial charge is 0.417 e. The zero-order chi connectivity index (χ0) is 25.5. The molecule has 0 spiro atoms. The lowest BCUT2D eigenvalue weighted by atomic mass is 10.0. The van der Waals surface area contributed by atoms with Gasteiger partial charge in [0.15, 0.2) is 16.9 Å². The number of hydrogen-bond acceptors (Lipinski definition) is 6. The highest BCUT2D eigenvalue weighted by molar-refractivity contribution is 5.89. The Morgan fingerprint density at radius 1 is 1.37 bits per heavy atom. The lowest BCUT2D eigenvalue weighted by Gasteiger charge is -2.39. The van der Waals surface area contributed by atoms with Crippen LogP contribution in [0.4, 0.5) is 33.9 Å². The molecule has 4 rings (SSSR count). The molecule has 4 heterocycles. The predicted octanol–water partition coefficient (Wildman–Crippen LogP) is 2.76. The van der Waals surface area contributed by atoms with Crippen LogP contribution < -0.4 is 20.5 Å². The van der Waals surface area contributed by atoms with Gasteiger partial charge in [-0.2, -0.15) is 13.2 Å². The molecule has 0 radical (unpaired) electrons. The van der Waals surface area contributed by atoms with Crippen molar-refractivity contribution >= 4 is 28.7 Å². The number of rotatable bonds is 4. The summed E-state index contributed by atoms with van der Waals surface area (Å²) in [5, 5.41) is 2.19. The molecule has 2 amide bonds. The molecule has 0 saturated carbocycles. The van der Waals surface area contributed by atoms with E-state index in [4.69, 9.17) is 4.74 Å². The lowest BCUT2D eigenvalue weighted by molar-refractivity contribution is -0.138. The predicted molar refractivity (Wildman–Crippen MR) is 119 cm³/mol. The molecule has 2 atom stereocenters. The number of piperidine rings is 1. The Morgan fingerprint density at radius 2 is 2.11 bits per heavy atom. The molecule has 0 bridgehead atoms. The number of halogens is 4. The van der Waals surface area contributed by atoms with Crippen molar-refractivity contribution in [3.63, 3.8) is 0 Å². The Hall–Kier alpha value is -3.84. The number of anilines is 2. The van der Waals surface area contributed by atoms with Gasteiger partial charge in [-0.15, -0.1) is 0 Å². The van der Waals surface area contributed by atoms with Crippen molar-refractivity contribution in [3.8, 4) is 5.75 Å². The topological polar surface area (TPSA) is 108 Å². The second-order valence-electron chi connectivity index (χ2n) is 8.20. The summed E-state index contributed by atoms with van der Waals surface area (Å²) < 4.78 is 60.4. The summed E-state index contributed by atoms with van der Waals surface area (Å²) in [6, 6.07) is -1.19. The number of pyridine rings is 1. The van der Waals surface area contributed by atoms with E-state index in [2.05, 4.69) is 20.3 Å². The van der Waals surface area contributed by atoms with Gasteiger partial charge in [0.1, 0.15) is 17.7 Å². The van der Waals surface area contributed by atoms with Crippen molar-refractivity contribution < 1.29 is 27.1 Å². The van der Waals surface area contributed by atoms with Gasteiger partial charge in [0.2, 0.25) is 0 Å². The summed E-state index contributed by atoms with van der Waals surface area (Å²) in [5.74, 6) is 0.939. The first-order valence-corrected chi connectivity index (χ1v) is 10.6. The zero-order valence-electron chi connectivity index (χ0n) is 19.1. The summed E-state index contributed by atoms with van der Waals surface area (Å²) in [6.45, 7) is 0.265. The molecule has 0 aromatic carbocycles. The number of ether oxygens (including phenoxy) is 1. The molecule has 1 saturated heterocycles. The van der Waals surface area contributed by atoms with E-state index >= 15 is 4.39 Å². The third kappa shape index (κ3) is 4.72. The molecule has 3 aromatic heterocycles. The van der Waals surface area contributed by atoms with E-state index in [1.54, 1.807) is 11.1 Å². The van der Waals surface area contributed by atoms with Crippen LogP contribution in [0.1, 0.15) is 12.0 Å². The van der Waals surface area contributed by atoms with Crippen molar-refractivity contribution in [2.24, 2.45) is 7.05 Å². The van der Waals surface area contributed by atoms with Gasteiger partial charge < -0.3 is 29.4 Å². The number of nitrogens with one attached hydrogen (secondary N) is 2. The molecule has 10 nitrogen and oxygen atoms in total. The third-order valence-corrected chi connectivity index (χ3v) is 5.95.